The number of carbonyl (C=O) groups excluding carboxylic acids is 1. The third kappa shape index (κ3) is 5.76. The molecule has 7 nitrogen and oxygen atoms in total. The first kappa shape index (κ1) is 19.8. The van der Waals surface area contributed by atoms with E-state index in [1.165, 1.54) is 0 Å². The summed E-state index contributed by atoms with van der Waals surface area (Å²) in [5.41, 5.74) is 6.60. The van der Waals surface area contributed by atoms with Crippen LogP contribution in [0.4, 0.5) is 5.69 Å². The summed E-state index contributed by atoms with van der Waals surface area (Å²) in [6.07, 6.45) is 0. The number of aliphatic imine (C=N–C) groups is 1. The monoisotopic (exact) mass is 445 g/mol. The summed E-state index contributed by atoms with van der Waals surface area (Å²) in [4.78, 5) is 15.6. The number of nitrogens with two attached hydrogens (primary N) is 1. The van der Waals surface area contributed by atoms with Crippen molar-refractivity contribution >= 4 is 41.6 Å². The van der Waals surface area contributed by atoms with E-state index in [9.17, 15) is 4.79 Å². The molecule has 1 aromatic heterocycles. The van der Waals surface area contributed by atoms with Crippen LogP contribution in [-0.4, -0.2) is 25.6 Å². The van der Waals surface area contributed by atoms with Gasteiger partial charge < -0.3 is 24.9 Å². The molecule has 0 saturated heterocycles. The molecule has 0 bridgehead atoms. The smallest absolute Gasteiger partial charge is 0.374 e. The van der Waals surface area contributed by atoms with Crippen LogP contribution in [0.25, 0.3) is 0 Å². The number of methoxy groups -OCH3 is 1. The molecule has 0 amide bonds. The van der Waals surface area contributed by atoms with Gasteiger partial charge in [-0.2, -0.15) is 0 Å². The van der Waals surface area contributed by atoms with Crippen LogP contribution in [0.2, 0.25) is 0 Å². The molecule has 3 N–H and O–H groups in total. The van der Waals surface area contributed by atoms with Crippen molar-refractivity contribution in [3.63, 3.8) is 0 Å². The molecule has 0 atom stereocenters. The first-order chi connectivity index (χ1) is 11.1. The van der Waals surface area contributed by atoms with Crippen LogP contribution in [0.1, 0.15) is 23.2 Å². The maximum absolute atomic E-state index is 11.5. The van der Waals surface area contributed by atoms with Crippen molar-refractivity contribution < 1.29 is 18.7 Å². The fourth-order valence-electron chi connectivity index (χ4n) is 1.80. The molecule has 0 saturated carbocycles. The zero-order chi connectivity index (χ0) is 16.7. The van der Waals surface area contributed by atoms with Gasteiger partial charge in [-0.15, -0.1) is 24.0 Å². The second-order valence-corrected chi connectivity index (χ2v) is 4.54. The Bertz CT molecular complexity index is 683. The number of ether oxygens (including phenoxy) is 2. The highest BCUT2D eigenvalue weighted by Gasteiger charge is 2.11. The summed E-state index contributed by atoms with van der Waals surface area (Å²) in [5.74, 6) is 1.18. The Kier molecular flexibility index (Phi) is 8.10. The zero-order valence-corrected chi connectivity index (χ0v) is 15.8. The topological polar surface area (TPSA) is 99.1 Å². The summed E-state index contributed by atoms with van der Waals surface area (Å²) < 4.78 is 15.3. The van der Waals surface area contributed by atoms with E-state index in [0.717, 1.165) is 11.4 Å². The normalized spacial score (nSPS) is 10.7. The zero-order valence-electron chi connectivity index (χ0n) is 13.4. The van der Waals surface area contributed by atoms with Crippen molar-refractivity contribution in [1.29, 1.82) is 0 Å². The van der Waals surface area contributed by atoms with Crippen molar-refractivity contribution in [2.24, 2.45) is 10.7 Å². The van der Waals surface area contributed by atoms with Crippen LogP contribution < -0.4 is 15.8 Å². The minimum Gasteiger partial charge on any atom is -0.497 e. The fraction of sp³-hybridized carbons (Fsp3) is 0.250. The van der Waals surface area contributed by atoms with Gasteiger partial charge in [-0.3, -0.25) is 0 Å². The van der Waals surface area contributed by atoms with Gasteiger partial charge in [0.05, 0.1) is 13.7 Å². The van der Waals surface area contributed by atoms with E-state index < -0.39 is 5.97 Å². The lowest BCUT2D eigenvalue weighted by atomic mass is 10.3. The quantitative estimate of drug-likeness (QED) is 0.307. The number of anilines is 1. The first-order valence-electron chi connectivity index (χ1n) is 7.09. The van der Waals surface area contributed by atoms with Crippen LogP contribution >= 0.6 is 24.0 Å². The van der Waals surface area contributed by atoms with Gasteiger partial charge in [0, 0.05) is 5.69 Å². The lowest BCUT2D eigenvalue weighted by Gasteiger charge is -2.06. The van der Waals surface area contributed by atoms with Crippen molar-refractivity contribution in [3.8, 4) is 5.75 Å². The Balaban J connectivity index is 0.00000288. The molecule has 24 heavy (non-hydrogen) atoms. The molecule has 2 rings (SSSR count). The average Bonchev–Trinajstić information content (AvgIpc) is 3.03. The first-order valence-corrected chi connectivity index (χ1v) is 7.09. The molecule has 0 radical (unpaired) electrons. The number of hydrogen-bond donors (Lipinski definition) is 2. The molecule has 0 aliphatic heterocycles. The lowest BCUT2D eigenvalue weighted by Crippen LogP contribution is -2.22. The van der Waals surface area contributed by atoms with Crippen LogP contribution in [0.15, 0.2) is 45.8 Å². The molecule has 1 heterocycles. The van der Waals surface area contributed by atoms with Crippen LogP contribution in [0.5, 0.6) is 5.75 Å². The summed E-state index contributed by atoms with van der Waals surface area (Å²) >= 11 is 0. The second-order valence-electron chi connectivity index (χ2n) is 4.54. The number of halogens is 1. The van der Waals surface area contributed by atoms with E-state index in [1.54, 1.807) is 26.2 Å². The second kappa shape index (κ2) is 9.81. The van der Waals surface area contributed by atoms with E-state index in [2.05, 4.69) is 10.3 Å². The van der Waals surface area contributed by atoms with Crippen molar-refractivity contribution in [2.45, 2.75) is 13.5 Å². The van der Waals surface area contributed by atoms with Crippen LogP contribution in [0, 0.1) is 0 Å². The predicted octanol–water partition coefficient (Wildman–Crippen LogP) is 3.01. The number of nitrogens with one attached hydrogen (secondary N) is 1. The Labute approximate surface area is 157 Å². The van der Waals surface area contributed by atoms with Gasteiger partial charge in [-0.1, -0.05) is 0 Å². The average molecular weight is 445 g/mol. The van der Waals surface area contributed by atoms with Gasteiger partial charge in [-0.05, 0) is 43.3 Å². The van der Waals surface area contributed by atoms with E-state index in [0.29, 0.717) is 12.4 Å². The molecule has 0 aliphatic carbocycles. The Morgan fingerprint density at radius 1 is 1.25 bits per heavy atom. The largest absolute Gasteiger partial charge is 0.497 e. The van der Waals surface area contributed by atoms with E-state index in [-0.39, 0.29) is 42.2 Å². The molecule has 0 spiro atoms. The number of nitrogens with zero attached hydrogens (tertiary/aromatic N) is 1. The molecule has 2 aromatic rings. The minimum absolute atomic E-state index is 0. The summed E-state index contributed by atoms with van der Waals surface area (Å²) in [6.45, 7) is 2.25. The third-order valence-corrected chi connectivity index (χ3v) is 2.91. The molecule has 0 fully saturated rings. The van der Waals surface area contributed by atoms with Gasteiger partial charge in [0.1, 0.15) is 18.1 Å². The van der Waals surface area contributed by atoms with Crippen LogP contribution in [-0.2, 0) is 11.3 Å². The highest BCUT2D eigenvalue weighted by Crippen LogP contribution is 2.15. The van der Waals surface area contributed by atoms with E-state index >= 15 is 0 Å². The maximum Gasteiger partial charge on any atom is 0.374 e. The van der Waals surface area contributed by atoms with E-state index in [4.69, 9.17) is 19.6 Å². The molecule has 0 aliphatic rings. The number of hydrogen-bond acceptors (Lipinski definition) is 5. The highest BCUT2D eigenvalue weighted by atomic mass is 127. The molecule has 1 aromatic carbocycles. The number of furan rings is 1. The number of esters is 1. The lowest BCUT2D eigenvalue weighted by molar-refractivity contribution is 0.0488. The Morgan fingerprint density at radius 2 is 1.96 bits per heavy atom. The summed E-state index contributed by atoms with van der Waals surface area (Å²) in [7, 11) is 1.60. The maximum atomic E-state index is 11.5. The molecule has 8 heteroatoms. The van der Waals surface area contributed by atoms with Crippen molar-refractivity contribution in [2.75, 3.05) is 19.0 Å². The third-order valence-electron chi connectivity index (χ3n) is 2.91. The van der Waals surface area contributed by atoms with Gasteiger partial charge in [0.25, 0.3) is 0 Å². The molecule has 0 unspecified atom stereocenters. The van der Waals surface area contributed by atoms with Crippen molar-refractivity contribution in [3.05, 3.63) is 47.9 Å². The Hall–Kier alpha value is -2.23. The van der Waals surface area contributed by atoms with Gasteiger partial charge in [0.2, 0.25) is 5.76 Å². The molecule has 130 valence electrons. The Morgan fingerprint density at radius 3 is 2.58 bits per heavy atom. The standard InChI is InChI=1S/C16H19N3O4.HI/c1-3-22-15(20)14-9-8-13(23-14)10-18-16(17)19-11-4-6-12(21-2)7-5-11;/h4-9H,3,10H2,1-2H3,(H3,17,18,19);1H. The number of guanidine groups is 1. The van der Waals surface area contributed by atoms with Gasteiger partial charge >= 0.3 is 5.97 Å². The summed E-state index contributed by atoms with van der Waals surface area (Å²) in [6, 6.07) is 10.5. The fourth-order valence-corrected chi connectivity index (χ4v) is 1.80. The minimum atomic E-state index is -0.493. The highest BCUT2D eigenvalue weighted by molar-refractivity contribution is 14.0. The van der Waals surface area contributed by atoms with E-state index in [1.807, 2.05) is 24.3 Å². The molecular formula is C16H20IN3O4. The molecular weight excluding hydrogens is 425 g/mol. The van der Waals surface area contributed by atoms with Gasteiger partial charge in [-0.25, -0.2) is 9.79 Å². The number of carbonyl (C=O) groups is 1. The van der Waals surface area contributed by atoms with Gasteiger partial charge in [0.15, 0.2) is 5.96 Å². The summed E-state index contributed by atoms with van der Waals surface area (Å²) in [5, 5.41) is 2.95. The SMILES string of the molecule is CCOC(=O)c1ccc(CN=C(N)Nc2ccc(OC)cc2)o1.I. The number of rotatable bonds is 6. The van der Waals surface area contributed by atoms with Crippen LogP contribution in [0.3, 0.4) is 0 Å². The predicted molar refractivity (Wildman–Crippen MR) is 102 cm³/mol. The van der Waals surface area contributed by atoms with Crippen molar-refractivity contribution in [1.82, 2.24) is 0 Å². The number of benzene rings is 1.